The van der Waals surface area contributed by atoms with E-state index in [1.165, 1.54) is 6.07 Å². The van der Waals surface area contributed by atoms with Crippen molar-refractivity contribution in [1.82, 2.24) is 0 Å². The number of rotatable bonds is 1. The number of nitrogens with zero attached hydrogens (tertiary/aromatic N) is 1. The Morgan fingerprint density at radius 1 is 1.22 bits per heavy atom. The second kappa shape index (κ2) is 5.40. The lowest BCUT2D eigenvalue weighted by Crippen LogP contribution is -2.51. The Bertz CT molecular complexity index is 655. The molecule has 0 saturated heterocycles. The topological polar surface area (TPSA) is 47.6 Å². The van der Waals surface area contributed by atoms with Gasteiger partial charge in [0.25, 0.3) is 6.02 Å². The lowest BCUT2D eigenvalue weighted by molar-refractivity contribution is -0.112. The highest BCUT2D eigenvalue weighted by Crippen LogP contribution is 2.49. The van der Waals surface area contributed by atoms with Crippen LogP contribution in [0.15, 0.2) is 27.7 Å². The van der Waals surface area contributed by atoms with Gasteiger partial charge in [-0.05, 0) is 38.0 Å². The minimum absolute atomic E-state index is 0.0664. The molecule has 1 saturated carbocycles. The quantitative estimate of drug-likeness (QED) is 0.767. The Hall–Kier alpha value is -1.24. The predicted octanol–water partition coefficient (Wildman–Crippen LogP) is 4.49. The number of alkyl halides is 2. The fourth-order valence-electron chi connectivity index (χ4n) is 3.61. The molecule has 7 heteroatoms. The van der Waals surface area contributed by atoms with Crippen LogP contribution in [-0.2, 0) is 10.3 Å². The van der Waals surface area contributed by atoms with Crippen molar-refractivity contribution in [3.05, 3.63) is 34.1 Å². The molecule has 1 spiro atoms. The van der Waals surface area contributed by atoms with E-state index in [9.17, 15) is 13.2 Å². The van der Waals surface area contributed by atoms with E-state index in [1.807, 2.05) is 0 Å². The van der Waals surface area contributed by atoms with E-state index in [0.29, 0.717) is 12.0 Å². The minimum Gasteiger partial charge on any atom is -0.459 e. The lowest BCUT2D eigenvalue weighted by Gasteiger charge is -2.47. The monoisotopic (exact) mass is 390 g/mol. The largest absolute Gasteiger partial charge is 0.459 e. The molecule has 1 aliphatic carbocycles. The van der Waals surface area contributed by atoms with E-state index in [2.05, 4.69) is 20.9 Å². The first kappa shape index (κ1) is 16.6. The lowest BCUT2D eigenvalue weighted by atomic mass is 9.72. The minimum atomic E-state index is -2.67. The molecular weight excluding hydrogens is 373 g/mol. The number of hydrogen-bond donors (Lipinski definition) is 1. The normalized spacial score (nSPS) is 29.0. The first-order valence-corrected chi connectivity index (χ1v) is 8.30. The Kier molecular flexibility index (Phi) is 3.90. The van der Waals surface area contributed by atoms with Crippen molar-refractivity contribution in [1.29, 1.82) is 0 Å². The van der Waals surface area contributed by atoms with Crippen LogP contribution >= 0.6 is 15.9 Å². The maximum atomic E-state index is 14.3. The van der Waals surface area contributed by atoms with Crippen LogP contribution in [0.2, 0.25) is 0 Å². The third-order valence-electron chi connectivity index (χ3n) is 4.75. The highest BCUT2D eigenvalue weighted by atomic mass is 79.9. The SMILES string of the molecule is C[C@@]1(c2cc(Br)ccc2F)CC2(CCC(F)(F)CC2)OC(N)=N1. The van der Waals surface area contributed by atoms with Gasteiger partial charge < -0.3 is 10.5 Å². The molecule has 1 atom stereocenters. The van der Waals surface area contributed by atoms with Gasteiger partial charge in [0.1, 0.15) is 11.4 Å². The summed E-state index contributed by atoms with van der Waals surface area (Å²) in [6, 6.07) is 4.55. The molecule has 1 fully saturated rings. The second-order valence-corrected chi connectivity index (χ2v) is 7.58. The highest BCUT2D eigenvalue weighted by molar-refractivity contribution is 9.10. The van der Waals surface area contributed by atoms with Crippen LogP contribution < -0.4 is 5.73 Å². The summed E-state index contributed by atoms with van der Waals surface area (Å²) in [7, 11) is 0. The molecule has 2 N–H and O–H groups in total. The summed E-state index contributed by atoms with van der Waals surface area (Å²) in [5.74, 6) is -3.07. The molecule has 0 unspecified atom stereocenters. The average molecular weight is 391 g/mol. The first-order chi connectivity index (χ1) is 10.6. The van der Waals surface area contributed by atoms with E-state index >= 15 is 0 Å². The third kappa shape index (κ3) is 3.20. The van der Waals surface area contributed by atoms with Gasteiger partial charge in [0.15, 0.2) is 0 Å². The summed E-state index contributed by atoms with van der Waals surface area (Å²) in [5.41, 5.74) is 4.45. The molecule has 126 valence electrons. The fourth-order valence-corrected chi connectivity index (χ4v) is 3.97. The molecule has 3 rings (SSSR count). The van der Waals surface area contributed by atoms with Gasteiger partial charge in [0.05, 0.1) is 5.54 Å². The zero-order valence-electron chi connectivity index (χ0n) is 12.7. The van der Waals surface area contributed by atoms with E-state index in [4.69, 9.17) is 10.5 Å². The van der Waals surface area contributed by atoms with E-state index in [-0.39, 0.29) is 31.7 Å². The molecule has 1 heterocycles. The molecule has 0 amide bonds. The van der Waals surface area contributed by atoms with Crippen molar-refractivity contribution in [2.45, 2.75) is 56.1 Å². The summed E-state index contributed by atoms with van der Waals surface area (Å²) in [4.78, 5) is 4.30. The molecular formula is C16H18BrF3N2O. The van der Waals surface area contributed by atoms with Gasteiger partial charge >= 0.3 is 0 Å². The second-order valence-electron chi connectivity index (χ2n) is 6.67. The van der Waals surface area contributed by atoms with Gasteiger partial charge in [-0.15, -0.1) is 0 Å². The number of benzene rings is 1. The summed E-state index contributed by atoms with van der Waals surface area (Å²) in [6.07, 6.45) is 0.182. The Morgan fingerprint density at radius 3 is 2.52 bits per heavy atom. The standard InChI is InChI=1S/C16H18BrF3N2O/c1-14(11-8-10(17)2-3-12(11)18)9-15(23-13(21)22-14)4-6-16(19,20)7-5-15/h2-3,8H,4-7,9H2,1H3,(H2,21,22)/t14-/m0/s1. The highest BCUT2D eigenvalue weighted by Gasteiger charge is 2.51. The number of ether oxygens (including phenoxy) is 1. The van der Waals surface area contributed by atoms with Crippen LogP contribution in [0.3, 0.4) is 0 Å². The van der Waals surface area contributed by atoms with Gasteiger partial charge in [-0.3, -0.25) is 0 Å². The van der Waals surface area contributed by atoms with Crippen LogP contribution in [0.1, 0.15) is 44.6 Å². The molecule has 2 aliphatic rings. The molecule has 0 radical (unpaired) electrons. The van der Waals surface area contributed by atoms with Crippen LogP contribution in [0.25, 0.3) is 0 Å². The van der Waals surface area contributed by atoms with Gasteiger partial charge in [-0.1, -0.05) is 15.9 Å². The zero-order valence-corrected chi connectivity index (χ0v) is 14.3. The van der Waals surface area contributed by atoms with Gasteiger partial charge in [0, 0.05) is 29.3 Å². The molecule has 3 nitrogen and oxygen atoms in total. The van der Waals surface area contributed by atoms with Crippen molar-refractivity contribution in [2.75, 3.05) is 0 Å². The summed E-state index contributed by atoms with van der Waals surface area (Å²) in [5, 5.41) is 0. The van der Waals surface area contributed by atoms with Crippen molar-refractivity contribution < 1.29 is 17.9 Å². The molecule has 0 aromatic heterocycles. The maximum absolute atomic E-state index is 14.3. The van der Waals surface area contributed by atoms with E-state index in [0.717, 1.165) is 4.47 Å². The van der Waals surface area contributed by atoms with Crippen molar-refractivity contribution in [3.63, 3.8) is 0 Å². The molecule has 1 aromatic rings. The number of aliphatic imine (C=N–C) groups is 1. The van der Waals surface area contributed by atoms with Crippen molar-refractivity contribution in [2.24, 2.45) is 10.7 Å². The van der Waals surface area contributed by atoms with Gasteiger partial charge in [-0.25, -0.2) is 18.2 Å². The third-order valence-corrected chi connectivity index (χ3v) is 5.24. The van der Waals surface area contributed by atoms with Crippen molar-refractivity contribution in [3.8, 4) is 0 Å². The van der Waals surface area contributed by atoms with Crippen LogP contribution in [0, 0.1) is 5.82 Å². The summed E-state index contributed by atoms with van der Waals surface area (Å²) in [6.45, 7) is 1.77. The zero-order chi connectivity index (χ0) is 16.9. The van der Waals surface area contributed by atoms with Gasteiger partial charge in [-0.2, -0.15) is 0 Å². The van der Waals surface area contributed by atoms with Crippen molar-refractivity contribution >= 4 is 22.0 Å². The predicted molar refractivity (Wildman–Crippen MR) is 84.9 cm³/mol. The van der Waals surface area contributed by atoms with E-state index in [1.54, 1.807) is 19.1 Å². The Balaban J connectivity index is 1.97. The van der Waals surface area contributed by atoms with Crippen LogP contribution in [-0.4, -0.2) is 17.5 Å². The number of hydrogen-bond acceptors (Lipinski definition) is 3. The molecule has 0 bridgehead atoms. The Labute approximate surface area is 141 Å². The van der Waals surface area contributed by atoms with Crippen LogP contribution in [0.5, 0.6) is 0 Å². The van der Waals surface area contributed by atoms with Gasteiger partial charge in [0.2, 0.25) is 5.92 Å². The molecule has 23 heavy (non-hydrogen) atoms. The average Bonchev–Trinajstić information content (AvgIpc) is 2.44. The number of halogens is 4. The first-order valence-electron chi connectivity index (χ1n) is 7.51. The maximum Gasteiger partial charge on any atom is 0.283 e. The van der Waals surface area contributed by atoms with Crippen LogP contribution in [0.4, 0.5) is 13.2 Å². The Morgan fingerprint density at radius 2 is 1.87 bits per heavy atom. The van der Waals surface area contributed by atoms with E-state index < -0.39 is 22.9 Å². The molecule has 1 aliphatic heterocycles. The molecule has 1 aromatic carbocycles. The number of amidine groups is 1. The summed E-state index contributed by atoms with van der Waals surface area (Å²) < 4.78 is 47.7. The summed E-state index contributed by atoms with van der Waals surface area (Å²) >= 11 is 3.33. The number of nitrogens with two attached hydrogens (primary N) is 1. The fraction of sp³-hybridized carbons (Fsp3) is 0.562. The smallest absolute Gasteiger partial charge is 0.283 e.